The van der Waals surface area contributed by atoms with E-state index < -0.39 is 97.5 Å². The minimum atomic E-state index is -4.95. The lowest BCUT2D eigenvalue weighted by Gasteiger charge is -2.21. The number of phosphoric acid groups is 2. The van der Waals surface area contributed by atoms with Crippen LogP contribution in [-0.4, -0.2) is 96.7 Å². The average Bonchev–Trinajstić information content (AvgIpc) is 1.84. The lowest BCUT2D eigenvalue weighted by molar-refractivity contribution is -0.161. The van der Waals surface area contributed by atoms with Crippen molar-refractivity contribution in [3.05, 3.63) is 0 Å². The Morgan fingerprint density at radius 2 is 0.554 bits per heavy atom. The van der Waals surface area contributed by atoms with Crippen molar-refractivity contribution < 1.29 is 80.2 Å². The van der Waals surface area contributed by atoms with Crippen molar-refractivity contribution in [2.24, 2.45) is 11.8 Å². The first-order valence-corrected chi connectivity index (χ1v) is 41.0. The van der Waals surface area contributed by atoms with Gasteiger partial charge in [-0.15, -0.1) is 0 Å². The van der Waals surface area contributed by atoms with Gasteiger partial charge in [0, 0.05) is 25.7 Å². The predicted octanol–water partition coefficient (Wildman–Crippen LogP) is 21.2. The number of rotatable bonds is 72. The van der Waals surface area contributed by atoms with Gasteiger partial charge < -0.3 is 33.8 Å². The minimum Gasteiger partial charge on any atom is -0.462 e. The van der Waals surface area contributed by atoms with Crippen LogP contribution < -0.4 is 0 Å². The van der Waals surface area contributed by atoms with Gasteiger partial charge in [0.2, 0.25) is 0 Å². The van der Waals surface area contributed by atoms with Gasteiger partial charge in [0.15, 0.2) is 12.2 Å². The highest BCUT2D eigenvalue weighted by molar-refractivity contribution is 7.47. The molecule has 0 amide bonds. The third-order valence-electron chi connectivity index (χ3n) is 17.3. The summed E-state index contributed by atoms with van der Waals surface area (Å²) in [6.45, 7) is 9.48. The monoisotopic (exact) mass is 1350 g/mol. The predicted molar refractivity (Wildman–Crippen MR) is 372 cm³/mol. The zero-order valence-electron chi connectivity index (χ0n) is 59.9. The summed E-state index contributed by atoms with van der Waals surface area (Å²) in [6, 6.07) is 0. The van der Waals surface area contributed by atoms with Gasteiger partial charge in [-0.2, -0.15) is 0 Å². The molecule has 0 saturated carbocycles. The molecule has 0 heterocycles. The average molecular weight is 1350 g/mol. The number of carbonyl (C=O) groups is 4. The van der Waals surface area contributed by atoms with Crippen LogP contribution >= 0.6 is 15.6 Å². The van der Waals surface area contributed by atoms with Crippen LogP contribution in [-0.2, 0) is 65.4 Å². The van der Waals surface area contributed by atoms with Gasteiger partial charge in [-0.25, -0.2) is 9.13 Å². The number of esters is 4. The van der Waals surface area contributed by atoms with Crippen LogP contribution in [0.15, 0.2) is 0 Å². The number of ether oxygens (including phenoxy) is 4. The molecule has 0 spiro atoms. The Kier molecular flexibility index (Phi) is 63.7. The molecule has 0 rings (SSSR count). The molecule has 92 heavy (non-hydrogen) atoms. The largest absolute Gasteiger partial charge is 0.472 e. The maximum atomic E-state index is 13.1. The van der Waals surface area contributed by atoms with Gasteiger partial charge in [-0.3, -0.25) is 37.3 Å². The van der Waals surface area contributed by atoms with Crippen molar-refractivity contribution in [2.75, 3.05) is 39.6 Å². The van der Waals surface area contributed by atoms with Crippen molar-refractivity contribution in [1.29, 1.82) is 0 Å². The van der Waals surface area contributed by atoms with Crippen molar-refractivity contribution >= 4 is 39.5 Å². The van der Waals surface area contributed by atoms with Crippen LogP contribution in [0.2, 0.25) is 0 Å². The summed E-state index contributed by atoms with van der Waals surface area (Å²) in [5.41, 5.74) is 0. The molecule has 0 aromatic carbocycles. The molecule has 0 aliphatic rings. The van der Waals surface area contributed by atoms with E-state index in [1.54, 1.807) is 0 Å². The summed E-state index contributed by atoms with van der Waals surface area (Å²) >= 11 is 0. The number of unbranched alkanes of at least 4 members (excludes halogenated alkanes) is 41. The number of hydrogen-bond donors (Lipinski definition) is 3. The number of hydrogen-bond acceptors (Lipinski definition) is 15. The van der Waals surface area contributed by atoms with E-state index in [1.165, 1.54) is 186 Å². The lowest BCUT2D eigenvalue weighted by atomic mass is 10.00. The Bertz CT molecular complexity index is 1790. The molecule has 0 aromatic rings. The Morgan fingerprint density at radius 1 is 0.315 bits per heavy atom. The van der Waals surface area contributed by atoms with Crippen LogP contribution in [0.5, 0.6) is 0 Å². The van der Waals surface area contributed by atoms with E-state index in [9.17, 15) is 43.2 Å². The van der Waals surface area contributed by atoms with E-state index in [1.807, 2.05) is 0 Å². The fourth-order valence-electron chi connectivity index (χ4n) is 11.1. The molecule has 3 unspecified atom stereocenters. The third-order valence-corrected chi connectivity index (χ3v) is 19.2. The topological polar surface area (TPSA) is 237 Å². The molecule has 546 valence electrons. The molecule has 19 heteroatoms. The summed E-state index contributed by atoms with van der Waals surface area (Å²) in [7, 11) is -9.90. The first-order chi connectivity index (χ1) is 44.4. The standard InChI is InChI=1S/C73H142O17P2/c1-7-10-12-14-16-18-19-20-21-22-23-24-25-26-27-28-29-34-38-45-51-57-72(77)89-68(61-84-71(76)56-50-44-37-33-31-30-32-35-41-47-53-65(4)5)63-87-91(79,80)85-59-67(74)60-86-92(81,82)88-64-69(62-83-70(75)55-49-43-36-17-15-13-11-8-2)90-73(78)58-52-46-40-39-42-48-54-66(6)9-3/h65-69,74H,7-64H2,1-6H3,(H,79,80)(H,81,82)/t66?,67-,68-,69-/m1/s1. The van der Waals surface area contributed by atoms with Crippen molar-refractivity contribution in [3.63, 3.8) is 0 Å². The van der Waals surface area contributed by atoms with Gasteiger partial charge in [0.1, 0.15) is 19.3 Å². The number of aliphatic hydroxyl groups excluding tert-OH is 1. The maximum Gasteiger partial charge on any atom is 0.472 e. The van der Waals surface area contributed by atoms with E-state index in [4.69, 9.17) is 37.0 Å². The van der Waals surface area contributed by atoms with Gasteiger partial charge >= 0.3 is 39.5 Å². The summed E-state index contributed by atoms with van der Waals surface area (Å²) in [5.74, 6) is -0.648. The number of aliphatic hydroxyl groups is 1. The Labute approximate surface area is 562 Å². The van der Waals surface area contributed by atoms with E-state index in [0.717, 1.165) is 108 Å². The molecule has 3 N–H and O–H groups in total. The molecular weight excluding hydrogens is 1210 g/mol. The van der Waals surface area contributed by atoms with E-state index in [2.05, 4.69) is 41.5 Å². The molecule has 0 saturated heterocycles. The van der Waals surface area contributed by atoms with Crippen LogP contribution in [0.25, 0.3) is 0 Å². The summed E-state index contributed by atoms with van der Waals surface area (Å²) in [6.07, 6.45) is 51.6. The third kappa shape index (κ3) is 65.4. The molecule has 0 fully saturated rings. The highest BCUT2D eigenvalue weighted by atomic mass is 31.2. The zero-order chi connectivity index (χ0) is 67.9. The molecule has 0 aromatic heterocycles. The normalized spacial score (nSPS) is 14.4. The number of phosphoric ester groups is 2. The Balaban J connectivity index is 5.17. The first kappa shape index (κ1) is 90.1. The SMILES string of the molecule is CCCCCCCCCCCCCCCCCCCCCCCC(=O)O[C@H](COC(=O)CCCCCCCCCCCCC(C)C)COP(=O)(O)OC[C@@H](O)COP(=O)(O)OC[C@@H](COC(=O)CCCCCCCCCC)OC(=O)CCCCCCCCC(C)CC. The molecular formula is C73H142O17P2. The summed E-state index contributed by atoms with van der Waals surface area (Å²) in [5, 5.41) is 10.6. The van der Waals surface area contributed by atoms with Crippen LogP contribution in [0.4, 0.5) is 0 Å². The van der Waals surface area contributed by atoms with E-state index in [-0.39, 0.29) is 25.7 Å². The van der Waals surface area contributed by atoms with Gasteiger partial charge in [-0.1, -0.05) is 324 Å². The smallest absolute Gasteiger partial charge is 0.462 e. The summed E-state index contributed by atoms with van der Waals surface area (Å²) in [4.78, 5) is 72.5. The second-order valence-corrected chi connectivity index (χ2v) is 30.0. The van der Waals surface area contributed by atoms with Gasteiger partial charge in [0.25, 0.3) is 0 Å². The molecule has 0 aliphatic heterocycles. The zero-order valence-corrected chi connectivity index (χ0v) is 61.6. The van der Waals surface area contributed by atoms with Crippen LogP contribution in [0.3, 0.4) is 0 Å². The van der Waals surface area contributed by atoms with Gasteiger partial charge in [0.05, 0.1) is 26.4 Å². The quantitative estimate of drug-likeness (QED) is 0.0222. The van der Waals surface area contributed by atoms with Crippen molar-refractivity contribution in [3.8, 4) is 0 Å². The van der Waals surface area contributed by atoms with Crippen molar-refractivity contribution in [2.45, 2.75) is 394 Å². The molecule has 0 aliphatic carbocycles. The molecule has 0 radical (unpaired) electrons. The second kappa shape index (κ2) is 65.0. The maximum absolute atomic E-state index is 13.1. The van der Waals surface area contributed by atoms with Crippen molar-refractivity contribution in [1.82, 2.24) is 0 Å². The highest BCUT2D eigenvalue weighted by Crippen LogP contribution is 2.45. The highest BCUT2D eigenvalue weighted by Gasteiger charge is 2.30. The Hall–Kier alpha value is -1.94. The lowest BCUT2D eigenvalue weighted by Crippen LogP contribution is -2.30. The van der Waals surface area contributed by atoms with Crippen LogP contribution in [0, 0.1) is 11.8 Å². The summed E-state index contributed by atoms with van der Waals surface area (Å²) < 4.78 is 68.3. The fraction of sp³-hybridized carbons (Fsp3) is 0.945. The van der Waals surface area contributed by atoms with Crippen LogP contribution in [0.1, 0.15) is 375 Å². The molecule has 17 nitrogen and oxygen atoms in total. The van der Waals surface area contributed by atoms with E-state index >= 15 is 0 Å². The Morgan fingerprint density at radius 3 is 0.826 bits per heavy atom. The molecule has 0 bridgehead atoms. The van der Waals surface area contributed by atoms with E-state index in [0.29, 0.717) is 25.7 Å². The minimum absolute atomic E-state index is 0.103. The first-order valence-electron chi connectivity index (χ1n) is 38.0. The fourth-order valence-corrected chi connectivity index (χ4v) is 12.7. The number of carbonyl (C=O) groups excluding carboxylic acids is 4. The van der Waals surface area contributed by atoms with Gasteiger partial charge in [-0.05, 0) is 37.5 Å². The second-order valence-electron chi connectivity index (χ2n) is 27.1. The molecule has 6 atom stereocenters.